The van der Waals surface area contributed by atoms with Gasteiger partial charge in [-0.15, -0.1) is 0 Å². The summed E-state index contributed by atoms with van der Waals surface area (Å²) in [7, 11) is 12.6. The Morgan fingerprint density at radius 3 is 1.05 bits per heavy atom. The summed E-state index contributed by atoms with van der Waals surface area (Å²) < 4.78 is 0. The Hall–Kier alpha value is -5.81. The third-order valence-corrected chi connectivity index (χ3v) is 13.6. The number of primary amides is 1. The van der Waals surface area contributed by atoms with Gasteiger partial charge in [0.2, 0.25) is 0 Å². The van der Waals surface area contributed by atoms with E-state index in [-0.39, 0.29) is 121 Å². The Morgan fingerprint density at radius 1 is 0.451 bits per heavy atom. The van der Waals surface area contributed by atoms with E-state index in [2.05, 4.69) is 87.5 Å². The van der Waals surface area contributed by atoms with Gasteiger partial charge >= 0.3 is 6.03 Å². The van der Waals surface area contributed by atoms with Crippen LogP contribution in [0.2, 0.25) is 0 Å². The molecule has 536 valence electrons. The van der Waals surface area contributed by atoms with Gasteiger partial charge in [0.1, 0.15) is 34.7 Å². The molecular formula is C70H144N14O7. The van der Waals surface area contributed by atoms with E-state index in [0.717, 1.165) is 105 Å². The normalized spacial score (nSPS) is 12.0. The standard InChI is InChI=1S/C13H19N3O.C11H23N3O.C11H16N2O.C11H24N2O.C10H21NO.C8H17N3O2.6CH4/c1-9(17)12(16-2)7-10-3-5-11(6-4-10)8-13(14)15;1-5-11(13-4)14-8-6-7-10(12-3)9(2)15;1-8(14)11(13-2)7-9-3-5-10(12)6-4-9;1-9(2)13-8-6-5-7-11(12-4)10(3)14;1-8(2)6-5-7-10(11-4)9(3)12;1-6(12)7(10-2)4-3-5-11-8(9)13;;;;;;/h3-6,12,16H,7-8H2,1-2H3,(H3,14,15);10,12H,5-8H2,1-4H3,(H,13,14);3-6,11,13H,7,12H2,1-2H3;9,11-13H,5-8H2,1-4H3;8,10-11H,5-7H2,1-4H3;7,10H,3-5H2,1-2H3,(H3,9,11,13);6*1H4/t12-;10-;2*11-;10-;7-;;;;;;/m000000....../s1. The fraction of sp³-hybridized carbons (Fsp3) is 0.700. The molecule has 0 aliphatic heterocycles. The van der Waals surface area contributed by atoms with E-state index in [4.69, 9.17) is 22.6 Å². The van der Waals surface area contributed by atoms with Gasteiger partial charge in [-0.3, -0.25) is 39.2 Å². The largest absolute Gasteiger partial charge is 0.399 e. The number of amides is 2. The first kappa shape index (κ1) is 107. The van der Waals surface area contributed by atoms with Gasteiger partial charge in [0, 0.05) is 44.7 Å². The van der Waals surface area contributed by atoms with E-state index in [0.29, 0.717) is 38.3 Å². The number of unbranched alkanes of at least 4 members (excludes halogenated alkanes) is 1. The zero-order chi connectivity index (χ0) is 65.9. The maximum Gasteiger partial charge on any atom is 0.312 e. The van der Waals surface area contributed by atoms with E-state index < -0.39 is 6.03 Å². The summed E-state index contributed by atoms with van der Waals surface area (Å²) in [4.78, 5) is 80.9. The van der Waals surface area contributed by atoms with Crippen LogP contribution in [-0.2, 0) is 48.0 Å². The molecule has 0 heterocycles. The number of nitrogens with two attached hydrogens (primary N) is 3. The van der Waals surface area contributed by atoms with Crippen molar-refractivity contribution in [2.75, 3.05) is 74.7 Å². The van der Waals surface area contributed by atoms with Crippen LogP contribution >= 0.6 is 0 Å². The maximum absolute atomic E-state index is 11.3. The van der Waals surface area contributed by atoms with Crippen molar-refractivity contribution in [2.24, 2.45) is 22.4 Å². The number of anilines is 1. The zero-order valence-electron chi connectivity index (χ0n) is 55.8. The lowest BCUT2D eigenvalue weighted by molar-refractivity contribution is -0.119. The van der Waals surface area contributed by atoms with Gasteiger partial charge in [-0.1, -0.05) is 135 Å². The van der Waals surface area contributed by atoms with Crippen LogP contribution in [0.15, 0.2) is 53.5 Å². The number of nitrogens with one attached hydrogen (secondary N) is 10. The van der Waals surface area contributed by atoms with Gasteiger partial charge in [-0.25, -0.2) is 4.79 Å². The van der Waals surface area contributed by atoms with Gasteiger partial charge in [0.25, 0.3) is 0 Å². The lowest BCUT2D eigenvalue weighted by Gasteiger charge is -2.13. The number of ketones is 6. The van der Waals surface area contributed by atoms with Crippen molar-refractivity contribution >= 4 is 58.1 Å². The minimum atomic E-state index is -0.524. The molecule has 2 rings (SSSR count). The molecule has 0 spiro atoms. The maximum atomic E-state index is 11.3. The van der Waals surface area contributed by atoms with Crippen LogP contribution in [0.1, 0.15) is 208 Å². The minimum Gasteiger partial charge on any atom is -0.399 e. The van der Waals surface area contributed by atoms with Crippen molar-refractivity contribution in [1.29, 1.82) is 5.41 Å². The highest BCUT2D eigenvalue weighted by molar-refractivity contribution is 5.84. The Kier molecular flexibility index (Phi) is 80.5. The van der Waals surface area contributed by atoms with Crippen LogP contribution in [0.5, 0.6) is 0 Å². The number of hydrogen-bond acceptors (Lipinski definition) is 17. The van der Waals surface area contributed by atoms with E-state index in [1.54, 1.807) is 69.7 Å². The summed E-state index contributed by atoms with van der Waals surface area (Å²) in [5.41, 5.74) is 19.8. The summed E-state index contributed by atoms with van der Waals surface area (Å²) in [5, 5.41) is 34.2. The molecule has 2 aromatic carbocycles. The molecule has 0 saturated heterocycles. The highest BCUT2D eigenvalue weighted by Gasteiger charge is 2.15. The van der Waals surface area contributed by atoms with Crippen molar-refractivity contribution < 1.29 is 33.6 Å². The van der Waals surface area contributed by atoms with Crippen LogP contribution < -0.4 is 65.1 Å². The lowest BCUT2D eigenvalue weighted by atomic mass is 10.0. The second-order valence-corrected chi connectivity index (χ2v) is 21.8. The van der Waals surface area contributed by atoms with Gasteiger partial charge in [-0.2, -0.15) is 0 Å². The van der Waals surface area contributed by atoms with Crippen molar-refractivity contribution in [3.8, 4) is 0 Å². The van der Waals surface area contributed by atoms with E-state index >= 15 is 0 Å². The zero-order valence-corrected chi connectivity index (χ0v) is 55.8. The van der Waals surface area contributed by atoms with Crippen molar-refractivity contribution in [3.05, 3.63) is 65.2 Å². The molecule has 0 saturated carbocycles. The molecule has 21 nitrogen and oxygen atoms in total. The summed E-state index contributed by atoms with van der Waals surface area (Å²) in [6, 6.07) is 15.3. The highest BCUT2D eigenvalue weighted by Crippen LogP contribution is 2.11. The molecule has 6 atom stereocenters. The van der Waals surface area contributed by atoms with Crippen LogP contribution in [0.25, 0.3) is 0 Å². The van der Waals surface area contributed by atoms with Crippen LogP contribution in [-0.4, -0.2) is 164 Å². The number of hydrogen-bond donors (Lipinski definition) is 13. The van der Waals surface area contributed by atoms with Crippen molar-refractivity contribution in [1.82, 2.24) is 47.9 Å². The first-order valence-corrected chi connectivity index (χ1v) is 30.3. The second-order valence-electron chi connectivity index (χ2n) is 21.8. The molecule has 0 aromatic heterocycles. The summed E-state index contributed by atoms with van der Waals surface area (Å²) >= 11 is 0. The summed E-state index contributed by atoms with van der Waals surface area (Å²) in [5.74, 6) is 3.04. The van der Waals surface area contributed by atoms with E-state index in [1.807, 2.05) is 69.7 Å². The fourth-order valence-corrected chi connectivity index (χ4v) is 8.25. The molecule has 2 aromatic rings. The fourth-order valence-electron chi connectivity index (χ4n) is 8.25. The third-order valence-electron chi connectivity index (χ3n) is 13.6. The first-order chi connectivity index (χ1) is 40.0. The van der Waals surface area contributed by atoms with Crippen molar-refractivity contribution in [2.45, 2.75) is 253 Å². The number of amidine groups is 2. The Bertz CT molecular complexity index is 2140. The van der Waals surface area contributed by atoms with Gasteiger partial charge in [0.05, 0.1) is 47.9 Å². The monoisotopic (exact) mass is 1290 g/mol. The molecule has 0 fully saturated rings. The summed E-state index contributed by atoms with van der Waals surface area (Å²) in [6.45, 7) is 22.9. The SMILES string of the molecule is C.C.C.C.C.C.CCC(=NC)NCCC[C@H](NC)C(C)=O.CN[C@@H](CCCC(C)C)C(C)=O.CN[C@@H](CCCCNC(C)C)C(C)=O.CN[C@@H](CCCNC(N)=O)C(C)=O.CN[C@@H](Cc1ccc(CC(=N)N)cc1)C(C)=O.CN[C@@H](Cc1ccc(N)cc1)C(C)=O. The average Bonchev–Trinajstić information content (AvgIpc) is 3.65. The van der Waals surface area contributed by atoms with Crippen LogP contribution in [0.3, 0.4) is 0 Å². The number of Topliss-reactive ketones (excluding diaryl/α,β-unsaturated/α-hetero) is 6. The number of urea groups is 1. The topological polar surface area (TPSA) is 342 Å². The molecule has 0 unspecified atom stereocenters. The van der Waals surface area contributed by atoms with Gasteiger partial charge < -0.3 is 65.1 Å². The number of likely N-dealkylation sites (N-methyl/N-ethyl adjacent to an activating group) is 6. The molecule has 2 amide bonds. The summed E-state index contributed by atoms with van der Waals surface area (Å²) in [6.07, 6.45) is 12.6. The first-order valence-electron chi connectivity index (χ1n) is 30.3. The van der Waals surface area contributed by atoms with Crippen LogP contribution in [0, 0.1) is 11.3 Å². The number of benzene rings is 2. The molecule has 0 aliphatic rings. The predicted octanol–water partition coefficient (Wildman–Crippen LogP) is 9.59. The number of carbonyl (C=O) groups is 7. The number of nitrogen functional groups attached to an aromatic ring is 1. The Balaban J connectivity index is -0.000000107. The highest BCUT2D eigenvalue weighted by atomic mass is 16.2. The minimum absolute atomic E-state index is 0. The molecule has 0 aliphatic carbocycles. The quantitative estimate of drug-likeness (QED) is 0.0129. The average molecular weight is 1290 g/mol. The molecular weight excluding hydrogens is 1150 g/mol. The number of aliphatic imine (C=N–C) groups is 1. The predicted molar refractivity (Wildman–Crippen MR) is 395 cm³/mol. The number of nitrogens with zero attached hydrogens (tertiary/aromatic N) is 1. The third kappa shape index (κ3) is 64.1. The van der Waals surface area contributed by atoms with Gasteiger partial charge in [0.15, 0.2) is 0 Å². The molecule has 16 N–H and O–H groups in total. The van der Waals surface area contributed by atoms with Crippen molar-refractivity contribution in [3.63, 3.8) is 0 Å². The molecule has 0 radical (unpaired) electrons. The Labute approximate surface area is 557 Å². The van der Waals surface area contributed by atoms with Crippen LogP contribution in [0.4, 0.5) is 10.5 Å². The second kappa shape index (κ2) is 68.6. The molecule has 21 heteroatoms. The molecule has 91 heavy (non-hydrogen) atoms. The molecule has 0 bridgehead atoms. The number of carbonyl (C=O) groups excluding carboxylic acids is 7. The van der Waals surface area contributed by atoms with E-state index in [9.17, 15) is 33.6 Å². The lowest BCUT2D eigenvalue weighted by Crippen LogP contribution is -2.34. The number of rotatable bonds is 37. The van der Waals surface area contributed by atoms with Gasteiger partial charge in [-0.05, 0) is 183 Å². The van der Waals surface area contributed by atoms with E-state index in [1.165, 1.54) is 6.42 Å². The Morgan fingerprint density at radius 2 is 0.769 bits per heavy atom. The smallest absolute Gasteiger partial charge is 0.312 e.